The van der Waals surface area contributed by atoms with Crippen LogP contribution in [0.15, 0.2) is 77.4 Å². The Kier molecular flexibility index (Phi) is 5.35. The van der Waals surface area contributed by atoms with E-state index in [1.807, 2.05) is 42.5 Å². The molecule has 138 valence electrons. The highest BCUT2D eigenvalue weighted by Crippen LogP contribution is 2.26. The van der Waals surface area contributed by atoms with E-state index in [9.17, 15) is 4.79 Å². The molecule has 4 rings (SSSR count). The zero-order valence-electron chi connectivity index (χ0n) is 15.3. The number of nitrogens with one attached hydrogen (secondary N) is 1. The van der Waals surface area contributed by atoms with Gasteiger partial charge in [-0.1, -0.05) is 60.7 Å². The van der Waals surface area contributed by atoms with Crippen molar-refractivity contribution in [2.75, 3.05) is 19.6 Å². The third-order valence-corrected chi connectivity index (χ3v) is 5.18. The van der Waals surface area contributed by atoms with Gasteiger partial charge in [-0.25, -0.2) is 0 Å². The van der Waals surface area contributed by atoms with E-state index in [0.29, 0.717) is 12.3 Å². The average Bonchev–Trinajstić information content (AvgIpc) is 3.42. The number of hydrogen-bond acceptors (Lipinski definition) is 3. The first kappa shape index (κ1) is 17.6. The Labute approximate surface area is 159 Å². The number of benzene rings is 2. The first-order chi connectivity index (χ1) is 13.3. The molecule has 0 spiro atoms. The van der Waals surface area contributed by atoms with Crippen LogP contribution in [0, 0.1) is 0 Å². The lowest BCUT2D eigenvalue weighted by Gasteiger charge is -2.28. The second-order valence-corrected chi connectivity index (χ2v) is 6.91. The fourth-order valence-electron chi connectivity index (χ4n) is 3.79. The maximum atomic E-state index is 12.8. The molecule has 1 amide bonds. The summed E-state index contributed by atoms with van der Waals surface area (Å²) in [5.74, 6) is 0.202. The van der Waals surface area contributed by atoms with Crippen molar-refractivity contribution >= 4 is 5.91 Å². The maximum absolute atomic E-state index is 12.8. The van der Waals surface area contributed by atoms with Gasteiger partial charge in [0.1, 0.15) is 0 Å². The van der Waals surface area contributed by atoms with Crippen molar-refractivity contribution in [1.82, 2.24) is 10.2 Å². The predicted octanol–water partition coefficient (Wildman–Crippen LogP) is 4.51. The zero-order chi connectivity index (χ0) is 18.5. The number of likely N-dealkylation sites (tertiary alicyclic amines) is 1. The average molecular weight is 360 g/mol. The molecule has 1 saturated heterocycles. The Bertz CT molecular complexity index is 868. The summed E-state index contributed by atoms with van der Waals surface area (Å²) in [5.41, 5.74) is 3.04. The van der Waals surface area contributed by atoms with Crippen LogP contribution in [0.2, 0.25) is 0 Å². The van der Waals surface area contributed by atoms with Crippen LogP contribution in [0.25, 0.3) is 11.1 Å². The van der Waals surface area contributed by atoms with Gasteiger partial charge in [0.2, 0.25) is 0 Å². The molecule has 0 saturated carbocycles. The SMILES string of the molecule is O=C(NCC(c1ccccc1)N1CCCC1)c1occc1-c1ccccc1. The molecule has 2 heterocycles. The molecule has 4 heteroatoms. The van der Waals surface area contributed by atoms with Crippen LogP contribution in [0.4, 0.5) is 0 Å². The number of hydrogen-bond donors (Lipinski definition) is 1. The van der Waals surface area contributed by atoms with E-state index < -0.39 is 0 Å². The number of nitrogens with zero attached hydrogens (tertiary/aromatic N) is 1. The van der Waals surface area contributed by atoms with E-state index in [4.69, 9.17) is 4.42 Å². The molecule has 1 fully saturated rings. The lowest BCUT2D eigenvalue weighted by atomic mass is 10.0. The molecule has 1 atom stereocenters. The molecule has 0 radical (unpaired) electrons. The maximum Gasteiger partial charge on any atom is 0.287 e. The van der Waals surface area contributed by atoms with E-state index in [1.54, 1.807) is 6.26 Å². The van der Waals surface area contributed by atoms with E-state index in [1.165, 1.54) is 18.4 Å². The van der Waals surface area contributed by atoms with Gasteiger partial charge in [-0.15, -0.1) is 0 Å². The van der Waals surface area contributed by atoms with E-state index >= 15 is 0 Å². The molecule has 0 aliphatic carbocycles. The van der Waals surface area contributed by atoms with Crippen LogP contribution in [-0.2, 0) is 0 Å². The van der Waals surface area contributed by atoms with Gasteiger partial charge in [-0.2, -0.15) is 0 Å². The third kappa shape index (κ3) is 3.96. The molecule has 0 bridgehead atoms. The summed E-state index contributed by atoms with van der Waals surface area (Å²) in [6.07, 6.45) is 4.01. The van der Waals surface area contributed by atoms with Gasteiger partial charge in [0.15, 0.2) is 5.76 Å². The number of rotatable bonds is 6. The first-order valence-electron chi connectivity index (χ1n) is 9.53. The zero-order valence-corrected chi connectivity index (χ0v) is 15.3. The highest BCUT2D eigenvalue weighted by Gasteiger charge is 2.25. The summed E-state index contributed by atoms with van der Waals surface area (Å²) < 4.78 is 5.52. The second-order valence-electron chi connectivity index (χ2n) is 6.91. The van der Waals surface area contributed by atoms with Gasteiger partial charge in [-0.05, 0) is 43.1 Å². The van der Waals surface area contributed by atoms with Crippen LogP contribution in [0.3, 0.4) is 0 Å². The number of carbonyl (C=O) groups excluding carboxylic acids is 1. The first-order valence-corrected chi connectivity index (χ1v) is 9.53. The van der Waals surface area contributed by atoms with Crippen molar-refractivity contribution in [3.8, 4) is 11.1 Å². The normalized spacial score (nSPS) is 15.6. The monoisotopic (exact) mass is 360 g/mol. The number of furan rings is 1. The van der Waals surface area contributed by atoms with Crippen LogP contribution in [0.5, 0.6) is 0 Å². The Balaban J connectivity index is 1.50. The molecule has 1 aliphatic heterocycles. The highest BCUT2D eigenvalue weighted by atomic mass is 16.3. The summed E-state index contributed by atoms with van der Waals surface area (Å²) in [4.78, 5) is 15.3. The summed E-state index contributed by atoms with van der Waals surface area (Å²) in [5, 5.41) is 3.10. The molecule has 27 heavy (non-hydrogen) atoms. The summed E-state index contributed by atoms with van der Waals surface area (Å²) >= 11 is 0. The van der Waals surface area contributed by atoms with Crippen LogP contribution >= 0.6 is 0 Å². The molecule has 4 nitrogen and oxygen atoms in total. The van der Waals surface area contributed by atoms with E-state index in [0.717, 1.165) is 24.2 Å². The Morgan fingerprint density at radius 1 is 0.963 bits per heavy atom. The van der Waals surface area contributed by atoms with Crippen LogP contribution < -0.4 is 5.32 Å². The van der Waals surface area contributed by atoms with Gasteiger partial charge in [0, 0.05) is 12.1 Å². The topological polar surface area (TPSA) is 45.5 Å². The minimum Gasteiger partial charge on any atom is -0.459 e. The van der Waals surface area contributed by atoms with Gasteiger partial charge in [0.05, 0.1) is 12.3 Å². The van der Waals surface area contributed by atoms with Gasteiger partial charge in [-0.3, -0.25) is 9.69 Å². The minimum absolute atomic E-state index is 0.168. The van der Waals surface area contributed by atoms with Crippen molar-refractivity contribution in [2.24, 2.45) is 0 Å². The molecule has 3 aromatic rings. The lowest BCUT2D eigenvalue weighted by molar-refractivity contribution is 0.0911. The smallest absolute Gasteiger partial charge is 0.287 e. The molecule has 2 aromatic carbocycles. The van der Waals surface area contributed by atoms with Gasteiger partial charge >= 0.3 is 0 Å². The van der Waals surface area contributed by atoms with E-state index in [2.05, 4.69) is 34.5 Å². The molecule has 1 unspecified atom stereocenters. The fourth-order valence-corrected chi connectivity index (χ4v) is 3.79. The van der Waals surface area contributed by atoms with Crippen LogP contribution in [-0.4, -0.2) is 30.4 Å². The van der Waals surface area contributed by atoms with Crippen molar-refractivity contribution in [3.05, 3.63) is 84.3 Å². The summed E-state index contributed by atoms with van der Waals surface area (Å²) in [7, 11) is 0. The van der Waals surface area contributed by atoms with Crippen molar-refractivity contribution in [3.63, 3.8) is 0 Å². The Morgan fingerprint density at radius 2 is 1.63 bits per heavy atom. The lowest BCUT2D eigenvalue weighted by Crippen LogP contribution is -2.36. The minimum atomic E-state index is -0.168. The molecule has 1 N–H and O–H groups in total. The summed E-state index contributed by atoms with van der Waals surface area (Å²) in [6, 6.07) is 22.3. The van der Waals surface area contributed by atoms with Crippen molar-refractivity contribution in [2.45, 2.75) is 18.9 Å². The van der Waals surface area contributed by atoms with Gasteiger partial charge in [0.25, 0.3) is 5.91 Å². The largest absolute Gasteiger partial charge is 0.459 e. The van der Waals surface area contributed by atoms with Crippen LogP contribution in [0.1, 0.15) is 35.0 Å². The van der Waals surface area contributed by atoms with Gasteiger partial charge < -0.3 is 9.73 Å². The predicted molar refractivity (Wildman–Crippen MR) is 106 cm³/mol. The standard InChI is InChI=1S/C23H24N2O2/c26-23(22-20(13-16-27-22)18-9-3-1-4-10-18)24-17-21(25-14-7-8-15-25)19-11-5-2-6-12-19/h1-6,9-13,16,21H,7-8,14-15,17H2,(H,24,26). The molecular weight excluding hydrogens is 336 g/mol. The molecule has 1 aliphatic rings. The highest BCUT2D eigenvalue weighted by molar-refractivity contribution is 5.98. The number of amides is 1. The molecule has 1 aromatic heterocycles. The fraction of sp³-hybridized carbons (Fsp3) is 0.261. The Hall–Kier alpha value is -2.85. The third-order valence-electron chi connectivity index (χ3n) is 5.18. The quantitative estimate of drug-likeness (QED) is 0.703. The summed E-state index contributed by atoms with van der Waals surface area (Å²) in [6.45, 7) is 2.72. The number of carbonyl (C=O) groups is 1. The van der Waals surface area contributed by atoms with Crippen molar-refractivity contribution in [1.29, 1.82) is 0 Å². The van der Waals surface area contributed by atoms with E-state index in [-0.39, 0.29) is 11.9 Å². The second kappa shape index (κ2) is 8.23. The Morgan fingerprint density at radius 3 is 2.33 bits per heavy atom. The molecular formula is C23H24N2O2. The van der Waals surface area contributed by atoms with Crippen molar-refractivity contribution < 1.29 is 9.21 Å².